The van der Waals surface area contributed by atoms with Crippen LogP contribution in [0.4, 0.5) is 5.69 Å². The third kappa shape index (κ3) is 5.31. The molecule has 32 heavy (non-hydrogen) atoms. The molecular weight excluding hydrogens is 410 g/mol. The van der Waals surface area contributed by atoms with Crippen LogP contribution in [-0.4, -0.2) is 38.5 Å². The van der Waals surface area contributed by atoms with E-state index in [1.807, 2.05) is 13.0 Å². The standard InChI is InChI=1S/C25H23NO6/c1-16-7-6-8-17(13-16)24(28)26-21-10-5-4-9-19(21)25(29)32-15-22(27)20-14-18(30-2)11-12-23(20)31-3/h4-14H,15H2,1-3H3,(H,26,28). The van der Waals surface area contributed by atoms with Gasteiger partial charge in [0.25, 0.3) is 5.91 Å². The molecule has 0 aliphatic carbocycles. The van der Waals surface area contributed by atoms with E-state index in [2.05, 4.69) is 5.32 Å². The minimum atomic E-state index is -0.736. The maximum absolute atomic E-state index is 12.7. The van der Waals surface area contributed by atoms with Crippen molar-refractivity contribution in [3.05, 3.63) is 89.0 Å². The van der Waals surface area contributed by atoms with E-state index in [4.69, 9.17) is 14.2 Å². The molecule has 0 aromatic heterocycles. The highest BCUT2D eigenvalue weighted by atomic mass is 16.5. The largest absolute Gasteiger partial charge is 0.497 e. The number of benzene rings is 3. The van der Waals surface area contributed by atoms with E-state index in [1.54, 1.807) is 48.5 Å². The number of hydrogen-bond donors (Lipinski definition) is 1. The van der Waals surface area contributed by atoms with Gasteiger partial charge in [-0.3, -0.25) is 9.59 Å². The first-order valence-electron chi connectivity index (χ1n) is 9.82. The molecule has 1 amide bonds. The normalized spacial score (nSPS) is 10.2. The SMILES string of the molecule is COc1ccc(OC)c(C(=O)COC(=O)c2ccccc2NC(=O)c2cccc(C)c2)c1. The van der Waals surface area contributed by atoms with Gasteiger partial charge >= 0.3 is 5.97 Å². The summed E-state index contributed by atoms with van der Waals surface area (Å²) >= 11 is 0. The fraction of sp³-hybridized carbons (Fsp3) is 0.160. The summed E-state index contributed by atoms with van der Waals surface area (Å²) in [5.74, 6) is -0.718. The van der Waals surface area contributed by atoms with Crippen molar-refractivity contribution in [2.45, 2.75) is 6.92 Å². The molecule has 3 rings (SSSR count). The predicted octanol–water partition coefficient (Wildman–Crippen LogP) is 4.30. The molecule has 0 saturated carbocycles. The molecule has 0 heterocycles. The second-order valence-corrected chi connectivity index (χ2v) is 6.93. The number of Topliss-reactive ketones (excluding diaryl/α,β-unsaturated/α-hetero) is 1. The van der Waals surface area contributed by atoms with Crippen molar-refractivity contribution in [2.75, 3.05) is 26.1 Å². The molecule has 3 aromatic rings. The highest BCUT2D eigenvalue weighted by molar-refractivity contribution is 6.08. The molecule has 7 nitrogen and oxygen atoms in total. The van der Waals surface area contributed by atoms with Gasteiger partial charge in [-0.1, -0.05) is 29.8 Å². The number of carbonyl (C=O) groups excluding carboxylic acids is 3. The lowest BCUT2D eigenvalue weighted by atomic mass is 10.1. The van der Waals surface area contributed by atoms with Crippen LogP contribution in [0.25, 0.3) is 0 Å². The maximum Gasteiger partial charge on any atom is 0.340 e. The minimum absolute atomic E-state index is 0.138. The Bertz CT molecular complexity index is 1150. The van der Waals surface area contributed by atoms with Gasteiger partial charge in [-0.2, -0.15) is 0 Å². The molecule has 0 aliphatic heterocycles. The average molecular weight is 433 g/mol. The van der Waals surface area contributed by atoms with Crippen LogP contribution >= 0.6 is 0 Å². The number of esters is 1. The molecule has 0 unspecified atom stereocenters. The van der Waals surface area contributed by atoms with Crippen molar-refractivity contribution in [3.63, 3.8) is 0 Å². The number of methoxy groups -OCH3 is 2. The van der Waals surface area contributed by atoms with E-state index in [-0.39, 0.29) is 22.7 Å². The second kappa shape index (κ2) is 10.3. The number of anilines is 1. The molecule has 0 fully saturated rings. The van der Waals surface area contributed by atoms with Crippen LogP contribution in [0, 0.1) is 6.92 Å². The number of hydrogen-bond acceptors (Lipinski definition) is 6. The zero-order valence-corrected chi connectivity index (χ0v) is 18.0. The molecule has 164 valence electrons. The van der Waals surface area contributed by atoms with Crippen molar-refractivity contribution in [1.29, 1.82) is 0 Å². The molecule has 0 radical (unpaired) electrons. The molecule has 7 heteroatoms. The zero-order chi connectivity index (χ0) is 23.1. The van der Waals surface area contributed by atoms with Crippen molar-refractivity contribution in [1.82, 2.24) is 0 Å². The Hall–Kier alpha value is -4.13. The van der Waals surface area contributed by atoms with Gasteiger partial charge in [0.05, 0.1) is 31.0 Å². The summed E-state index contributed by atoms with van der Waals surface area (Å²) in [7, 11) is 2.93. The van der Waals surface area contributed by atoms with Crippen LogP contribution in [0.5, 0.6) is 11.5 Å². The summed E-state index contributed by atoms with van der Waals surface area (Å²) in [5, 5.41) is 2.73. The highest BCUT2D eigenvalue weighted by Crippen LogP contribution is 2.25. The Balaban J connectivity index is 1.73. The predicted molar refractivity (Wildman–Crippen MR) is 120 cm³/mol. The Morgan fingerprint density at radius 3 is 2.34 bits per heavy atom. The summed E-state index contributed by atoms with van der Waals surface area (Å²) in [5.41, 5.74) is 2.07. The van der Waals surface area contributed by atoms with Gasteiger partial charge in [0.1, 0.15) is 11.5 Å². The lowest BCUT2D eigenvalue weighted by Gasteiger charge is -2.12. The lowest BCUT2D eigenvalue weighted by Crippen LogP contribution is -2.18. The van der Waals surface area contributed by atoms with Crippen LogP contribution in [0.2, 0.25) is 0 Å². The Morgan fingerprint density at radius 1 is 0.844 bits per heavy atom. The zero-order valence-electron chi connectivity index (χ0n) is 18.0. The van der Waals surface area contributed by atoms with Crippen LogP contribution < -0.4 is 14.8 Å². The Labute approximate surface area is 185 Å². The fourth-order valence-corrected chi connectivity index (χ4v) is 3.07. The number of para-hydroxylation sites is 1. The minimum Gasteiger partial charge on any atom is -0.497 e. The number of aryl methyl sites for hydroxylation is 1. The van der Waals surface area contributed by atoms with E-state index in [0.29, 0.717) is 17.1 Å². The maximum atomic E-state index is 12.7. The van der Waals surface area contributed by atoms with Crippen LogP contribution in [0.15, 0.2) is 66.7 Å². The van der Waals surface area contributed by atoms with Crippen molar-refractivity contribution >= 4 is 23.3 Å². The topological polar surface area (TPSA) is 90.9 Å². The van der Waals surface area contributed by atoms with Gasteiger partial charge < -0.3 is 19.5 Å². The fourth-order valence-electron chi connectivity index (χ4n) is 3.07. The summed E-state index contributed by atoms with van der Waals surface area (Å²) in [6.45, 7) is 1.39. The number of ketones is 1. The Morgan fingerprint density at radius 2 is 1.62 bits per heavy atom. The van der Waals surface area contributed by atoms with E-state index in [9.17, 15) is 14.4 Å². The first kappa shape index (κ1) is 22.6. The van der Waals surface area contributed by atoms with E-state index in [1.165, 1.54) is 26.4 Å². The van der Waals surface area contributed by atoms with Crippen LogP contribution in [0.3, 0.4) is 0 Å². The van der Waals surface area contributed by atoms with Gasteiger partial charge in [0, 0.05) is 5.56 Å². The number of nitrogens with one attached hydrogen (secondary N) is 1. The van der Waals surface area contributed by atoms with Crippen molar-refractivity contribution in [3.8, 4) is 11.5 Å². The third-order valence-electron chi connectivity index (χ3n) is 4.72. The van der Waals surface area contributed by atoms with E-state index >= 15 is 0 Å². The van der Waals surface area contributed by atoms with E-state index < -0.39 is 18.4 Å². The molecule has 3 aromatic carbocycles. The highest BCUT2D eigenvalue weighted by Gasteiger charge is 2.19. The van der Waals surface area contributed by atoms with Crippen LogP contribution in [0.1, 0.15) is 36.6 Å². The number of carbonyl (C=O) groups is 3. The molecule has 0 bridgehead atoms. The third-order valence-corrected chi connectivity index (χ3v) is 4.72. The van der Waals surface area contributed by atoms with Gasteiger partial charge in [0.2, 0.25) is 5.78 Å². The quantitative estimate of drug-likeness (QED) is 0.421. The van der Waals surface area contributed by atoms with Gasteiger partial charge in [0.15, 0.2) is 6.61 Å². The average Bonchev–Trinajstić information content (AvgIpc) is 2.82. The van der Waals surface area contributed by atoms with Gasteiger partial charge in [-0.25, -0.2) is 4.79 Å². The lowest BCUT2D eigenvalue weighted by molar-refractivity contribution is 0.0475. The molecule has 0 atom stereocenters. The molecule has 1 N–H and O–H groups in total. The molecule has 0 spiro atoms. The summed E-state index contributed by atoms with van der Waals surface area (Å²) in [6.07, 6.45) is 0. The first-order valence-corrected chi connectivity index (χ1v) is 9.82. The van der Waals surface area contributed by atoms with Gasteiger partial charge in [-0.05, 0) is 49.4 Å². The number of rotatable bonds is 8. The van der Waals surface area contributed by atoms with E-state index in [0.717, 1.165) is 5.56 Å². The molecule has 0 aliphatic rings. The summed E-state index contributed by atoms with van der Waals surface area (Å²) < 4.78 is 15.6. The smallest absolute Gasteiger partial charge is 0.340 e. The second-order valence-electron chi connectivity index (χ2n) is 6.93. The van der Waals surface area contributed by atoms with Crippen molar-refractivity contribution in [2.24, 2.45) is 0 Å². The van der Waals surface area contributed by atoms with Crippen molar-refractivity contribution < 1.29 is 28.6 Å². The molecular formula is C25H23NO6. The Kier molecular flexibility index (Phi) is 7.23. The number of ether oxygens (including phenoxy) is 3. The van der Waals surface area contributed by atoms with Crippen LogP contribution in [-0.2, 0) is 4.74 Å². The first-order chi connectivity index (χ1) is 15.4. The summed E-state index contributed by atoms with van der Waals surface area (Å²) in [4.78, 5) is 37.9. The summed E-state index contributed by atoms with van der Waals surface area (Å²) in [6, 6.07) is 18.3. The number of amides is 1. The van der Waals surface area contributed by atoms with Gasteiger partial charge in [-0.15, -0.1) is 0 Å². The molecule has 0 saturated heterocycles. The monoisotopic (exact) mass is 433 g/mol.